The van der Waals surface area contributed by atoms with Crippen LogP contribution in [0.2, 0.25) is 0 Å². The normalized spacial score (nSPS) is 12.0. The van der Waals surface area contributed by atoms with E-state index in [9.17, 15) is 0 Å². The summed E-state index contributed by atoms with van der Waals surface area (Å²) in [7, 11) is 0. The van der Waals surface area contributed by atoms with Gasteiger partial charge in [0.15, 0.2) is 11.5 Å². The highest BCUT2D eigenvalue weighted by Gasteiger charge is 2.13. The Hall–Kier alpha value is -3.28. The van der Waals surface area contributed by atoms with Crippen LogP contribution in [0.1, 0.15) is 11.1 Å². The lowest BCUT2D eigenvalue weighted by atomic mass is 10.2. The third kappa shape index (κ3) is 3.63. The smallest absolute Gasteiger partial charge is 0.231 e. The molecule has 0 spiro atoms. The van der Waals surface area contributed by atoms with Crippen LogP contribution in [0.4, 0.5) is 17.5 Å². The van der Waals surface area contributed by atoms with Gasteiger partial charge in [0.2, 0.25) is 12.7 Å². The van der Waals surface area contributed by atoms with E-state index in [2.05, 4.69) is 39.7 Å². The molecule has 25 heavy (non-hydrogen) atoms. The van der Waals surface area contributed by atoms with Crippen molar-refractivity contribution in [1.82, 2.24) is 9.97 Å². The van der Waals surface area contributed by atoms with Gasteiger partial charge in [-0.05, 0) is 48.4 Å². The standard InChI is InChI=1S/C19H18N4O2/c1-13-3-2-4-15(9-13)22-19-20-8-7-18(23-19)21-11-14-5-6-16-17(10-14)25-12-24-16/h2-10H,11-12H2,1H3,(H2,20,21,22,23). The average Bonchev–Trinajstić information content (AvgIpc) is 3.08. The molecule has 4 rings (SSSR count). The summed E-state index contributed by atoms with van der Waals surface area (Å²) in [6, 6.07) is 15.8. The molecule has 0 fully saturated rings. The molecule has 0 atom stereocenters. The quantitative estimate of drug-likeness (QED) is 0.738. The summed E-state index contributed by atoms with van der Waals surface area (Å²) >= 11 is 0. The fraction of sp³-hybridized carbons (Fsp3) is 0.158. The van der Waals surface area contributed by atoms with Gasteiger partial charge in [0, 0.05) is 18.4 Å². The molecule has 0 bridgehead atoms. The summed E-state index contributed by atoms with van der Waals surface area (Å²) in [5.74, 6) is 2.88. The molecule has 6 heteroatoms. The zero-order valence-corrected chi connectivity index (χ0v) is 13.8. The van der Waals surface area contributed by atoms with E-state index < -0.39 is 0 Å². The van der Waals surface area contributed by atoms with E-state index in [1.165, 1.54) is 5.56 Å². The summed E-state index contributed by atoms with van der Waals surface area (Å²) in [6.07, 6.45) is 1.73. The van der Waals surface area contributed by atoms with E-state index >= 15 is 0 Å². The molecule has 6 nitrogen and oxygen atoms in total. The number of ether oxygens (including phenoxy) is 2. The van der Waals surface area contributed by atoms with Crippen LogP contribution < -0.4 is 20.1 Å². The predicted molar refractivity (Wildman–Crippen MR) is 96.4 cm³/mol. The number of nitrogens with zero attached hydrogens (tertiary/aromatic N) is 2. The van der Waals surface area contributed by atoms with Crippen LogP contribution >= 0.6 is 0 Å². The summed E-state index contributed by atoms with van der Waals surface area (Å²) in [4.78, 5) is 8.76. The van der Waals surface area contributed by atoms with Crippen molar-refractivity contribution in [2.24, 2.45) is 0 Å². The maximum absolute atomic E-state index is 5.40. The Labute approximate surface area is 145 Å². The van der Waals surface area contributed by atoms with E-state index in [0.29, 0.717) is 12.5 Å². The van der Waals surface area contributed by atoms with Gasteiger partial charge in [0.05, 0.1) is 0 Å². The minimum Gasteiger partial charge on any atom is -0.454 e. The summed E-state index contributed by atoms with van der Waals surface area (Å²) in [6.45, 7) is 2.97. The van der Waals surface area contributed by atoms with Gasteiger partial charge in [-0.1, -0.05) is 18.2 Å². The lowest BCUT2D eigenvalue weighted by Gasteiger charge is -2.09. The Morgan fingerprint density at radius 2 is 1.96 bits per heavy atom. The van der Waals surface area contributed by atoms with Crippen molar-refractivity contribution in [2.75, 3.05) is 17.4 Å². The minimum atomic E-state index is 0.284. The number of rotatable bonds is 5. The number of hydrogen-bond donors (Lipinski definition) is 2. The van der Waals surface area contributed by atoms with Crippen molar-refractivity contribution < 1.29 is 9.47 Å². The average molecular weight is 334 g/mol. The second kappa shape index (κ2) is 6.68. The first-order valence-corrected chi connectivity index (χ1v) is 8.05. The van der Waals surface area contributed by atoms with Crippen LogP contribution in [-0.2, 0) is 6.54 Å². The number of aromatic nitrogens is 2. The molecule has 0 saturated heterocycles. The largest absolute Gasteiger partial charge is 0.454 e. The Kier molecular flexibility index (Phi) is 4.08. The number of anilines is 3. The van der Waals surface area contributed by atoms with Gasteiger partial charge in [-0.25, -0.2) is 4.98 Å². The summed E-state index contributed by atoms with van der Waals surface area (Å²) in [5.41, 5.74) is 3.24. The molecular formula is C19H18N4O2. The van der Waals surface area contributed by atoms with Crippen molar-refractivity contribution in [3.05, 3.63) is 65.9 Å². The second-order valence-electron chi connectivity index (χ2n) is 5.80. The van der Waals surface area contributed by atoms with Gasteiger partial charge in [0.25, 0.3) is 0 Å². The molecule has 126 valence electrons. The number of benzene rings is 2. The maximum atomic E-state index is 5.40. The van der Waals surface area contributed by atoms with Crippen molar-refractivity contribution in [3.63, 3.8) is 0 Å². The Morgan fingerprint density at radius 1 is 1.04 bits per heavy atom. The van der Waals surface area contributed by atoms with Gasteiger partial charge in [-0.3, -0.25) is 0 Å². The lowest BCUT2D eigenvalue weighted by molar-refractivity contribution is 0.174. The molecule has 2 heterocycles. The van der Waals surface area contributed by atoms with Crippen LogP contribution in [-0.4, -0.2) is 16.8 Å². The van der Waals surface area contributed by atoms with E-state index in [1.54, 1.807) is 6.20 Å². The molecule has 1 aliphatic heterocycles. The van der Waals surface area contributed by atoms with Crippen molar-refractivity contribution in [1.29, 1.82) is 0 Å². The predicted octanol–water partition coefficient (Wildman–Crippen LogP) is 3.87. The summed E-state index contributed by atoms with van der Waals surface area (Å²) < 4.78 is 10.7. The fourth-order valence-corrected chi connectivity index (χ4v) is 2.61. The Morgan fingerprint density at radius 3 is 2.88 bits per heavy atom. The molecule has 2 N–H and O–H groups in total. The monoisotopic (exact) mass is 334 g/mol. The highest BCUT2D eigenvalue weighted by Crippen LogP contribution is 2.32. The van der Waals surface area contributed by atoms with Crippen molar-refractivity contribution in [2.45, 2.75) is 13.5 Å². The molecule has 0 unspecified atom stereocenters. The third-order valence-electron chi connectivity index (χ3n) is 3.84. The third-order valence-corrected chi connectivity index (χ3v) is 3.84. The second-order valence-corrected chi connectivity index (χ2v) is 5.80. The van der Waals surface area contributed by atoms with Crippen LogP contribution in [0.3, 0.4) is 0 Å². The molecule has 0 radical (unpaired) electrons. The number of fused-ring (bicyclic) bond motifs is 1. The van der Waals surface area contributed by atoms with Gasteiger partial charge < -0.3 is 20.1 Å². The molecular weight excluding hydrogens is 316 g/mol. The molecule has 0 saturated carbocycles. The zero-order valence-electron chi connectivity index (χ0n) is 13.8. The zero-order chi connectivity index (χ0) is 17.1. The SMILES string of the molecule is Cc1cccc(Nc2nccc(NCc3ccc4c(c3)OCO4)n2)c1. The molecule has 1 aliphatic rings. The molecule has 2 aromatic carbocycles. The van der Waals surface area contributed by atoms with Gasteiger partial charge in [-0.2, -0.15) is 4.98 Å². The van der Waals surface area contributed by atoms with Crippen LogP contribution in [0, 0.1) is 6.92 Å². The van der Waals surface area contributed by atoms with E-state index in [0.717, 1.165) is 28.6 Å². The van der Waals surface area contributed by atoms with Crippen molar-refractivity contribution >= 4 is 17.5 Å². The van der Waals surface area contributed by atoms with Crippen LogP contribution in [0.15, 0.2) is 54.7 Å². The maximum Gasteiger partial charge on any atom is 0.231 e. The first-order valence-electron chi connectivity index (χ1n) is 8.05. The number of hydrogen-bond acceptors (Lipinski definition) is 6. The van der Waals surface area contributed by atoms with Gasteiger partial charge in [0.1, 0.15) is 5.82 Å². The molecule has 0 amide bonds. The van der Waals surface area contributed by atoms with Crippen LogP contribution in [0.25, 0.3) is 0 Å². The van der Waals surface area contributed by atoms with Gasteiger partial charge >= 0.3 is 0 Å². The molecule has 0 aliphatic carbocycles. The van der Waals surface area contributed by atoms with Crippen LogP contribution in [0.5, 0.6) is 11.5 Å². The number of nitrogens with one attached hydrogen (secondary N) is 2. The van der Waals surface area contributed by atoms with Crippen molar-refractivity contribution in [3.8, 4) is 11.5 Å². The number of aryl methyl sites for hydroxylation is 1. The van der Waals surface area contributed by atoms with Gasteiger partial charge in [-0.15, -0.1) is 0 Å². The first-order chi connectivity index (χ1) is 12.3. The summed E-state index contributed by atoms with van der Waals surface area (Å²) in [5, 5.41) is 6.52. The fourth-order valence-electron chi connectivity index (χ4n) is 2.61. The van der Waals surface area contributed by atoms with E-state index in [-0.39, 0.29) is 6.79 Å². The topological polar surface area (TPSA) is 68.3 Å². The Balaban J connectivity index is 1.43. The highest BCUT2D eigenvalue weighted by atomic mass is 16.7. The minimum absolute atomic E-state index is 0.284. The highest BCUT2D eigenvalue weighted by molar-refractivity contribution is 5.55. The molecule has 3 aromatic rings. The first kappa shape index (κ1) is 15.3. The lowest BCUT2D eigenvalue weighted by Crippen LogP contribution is -2.04. The Bertz CT molecular complexity index is 898. The molecule has 1 aromatic heterocycles. The van der Waals surface area contributed by atoms with E-state index in [4.69, 9.17) is 9.47 Å². The van der Waals surface area contributed by atoms with E-state index in [1.807, 2.05) is 36.4 Å².